The number of carbonyl (C=O) groups is 1. The maximum atomic E-state index is 12.6. The number of hydrogen-bond donors (Lipinski definition) is 3. The van der Waals surface area contributed by atoms with E-state index in [9.17, 15) is 13.2 Å². The van der Waals surface area contributed by atoms with Crippen LogP contribution in [-0.4, -0.2) is 41.0 Å². The van der Waals surface area contributed by atoms with Crippen LogP contribution < -0.4 is 25.4 Å². The summed E-state index contributed by atoms with van der Waals surface area (Å²) in [6, 6.07) is 11.9. The van der Waals surface area contributed by atoms with E-state index in [0.717, 1.165) is 25.7 Å². The molecule has 0 saturated carbocycles. The molecule has 2 aromatic rings. The number of primary sulfonamides is 1. The number of allylic oxidation sites excluding steroid dienone is 2. The molecular formula is C28H42N4O4S. The van der Waals surface area contributed by atoms with Gasteiger partial charge in [0.05, 0.1) is 5.69 Å². The molecule has 0 aliphatic carbocycles. The van der Waals surface area contributed by atoms with Crippen molar-refractivity contribution < 1.29 is 17.9 Å². The minimum absolute atomic E-state index is 0.147. The van der Waals surface area contributed by atoms with Crippen LogP contribution in [0.5, 0.6) is 11.5 Å². The number of sulfonamides is 1. The molecule has 0 unspecified atom stereocenters. The Labute approximate surface area is 222 Å². The fourth-order valence-corrected chi connectivity index (χ4v) is 4.05. The molecule has 37 heavy (non-hydrogen) atoms. The van der Waals surface area contributed by atoms with Crippen molar-refractivity contribution in [3.8, 4) is 11.5 Å². The maximum Gasteiger partial charge on any atom is 0.251 e. The van der Waals surface area contributed by atoms with E-state index in [4.69, 9.17) is 9.88 Å². The van der Waals surface area contributed by atoms with E-state index in [-0.39, 0.29) is 22.1 Å². The van der Waals surface area contributed by atoms with Crippen LogP contribution in [0.3, 0.4) is 0 Å². The molecule has 2 aromatic carbocycles. The average Bonchev–Trinajstić information content (AvgIpc) is 2.88. The minimum Gasteiger partial charge on any atom is -0.454 e. The Kier molecular flexibility index (Phi) is 14.8. The number of nitrogens with one attached hydrogen (secondary N) is 2. The summed E-state index contributed by atoms with van der Waals surface area (Å²) in [5.41, 5.74) is 0.790. The molecule has 4 N–H and O–H groups in total. The number of para-hydroxylation sites is 1. The number of ether oxygens (including phenoxy) is 1. The van der Waals surface area contributed by atoms with Crippen molar-refractivity contribution in [3.05, 3.63) is 73.0 Å². The molecule has 0 bridgehead atoms. The van der Waals surface area contributed by atoms with E-state index in [1.165, 1.54) is 6.07 Å². The Morgan fingerprint density at radius 1 is 1.08 bits per heavy atom. The third-order valence-electron chi connectivity index (χ3n) is 5.21. The number of amides is 1. The molecule has 0 spiro atoms. The number of hydrogen-bond acceptors (Lipinski definition) is 6. The first-order valence-electron chi connectivity index (χ1n) is 12.6. The van der Waals surface area contributed by atoms with Crippen molar-refractivity contribution in [2.75, 3.05) is 31.6 Å². The zero-order valence-corrected chi connectivity index (χ0v) is 23.3. The molecule has 0 aromatic heterocycles. The minimum atomic E-state index is -4.15. The summed E-state index contributed by atoms with van der Waals surface area (Å²) in [6.45, 7) is 11.3. The molecule has 8 nitrogen and oxygen atoms in total. The molecule has 2 rings (SSSR count). The van der Waals surface area contributed by atoms with Gasteiger partial charge in [-0.3, -0.25) is 4.79 Å². The lowest BCUT2D eigenvalue weighted by molar-refractivity contribution is 0.0955. The quantitative estimate of drug-likeness (QED) is 0.290. The predicted octanol–water partition coefficient (Wildman–Crippen LogP) is 5.19. The van der Waals surface area contributed by atoms with Crippen molar-refractivity contribution in [1.29, 1.82) is 0 Å². The molecule has 204 valence electrons. The number of carbonyl (C=O) groups excluding carboxylic acids is 1. The highest BCUT2D eigenvalue weighted by Gasteiger charge is 2.26. The van der Waals surface area contributed by atoms with Crippen molar-refractivity contribution in [2.24, 2.45) is 5.14 Å². The van der Waals surface area contributed by atoms with Crippen LogP contribution in [0.2, 0.25) is 0 Å². The number of nitrogens with two attached hydrogens (primary N) is 1. The van der Waals surface area contributed by atoms with Gasteiger partial charge in [0.25, 0.3) is 5.91 Å². The zero-order valence-electron chi connectivity index (χ0n) is 22.5. The van der Waals surface area contributed by atoms with Crippen molar-refractivity contribution in [1.82, 2.24) is 10.6 Å². The summed E-state index contributed by atoms with van der Waals surface area (Å²) < 4.78 is 31.1. The third-order valence-corrected chi connectivity index (χ3v) is 6.12. The van der Waals surface area contributed by atoms with Crippen LogP contribution in [-0.2, 0) is 10.0 Å². The topological polar surface area (TPSA) is 114 Å². The van der Waals surface area contributed by atoms with Gasteiger partial charge in [0.2, 0.25) is 10.0 Å². The first-order chi connectivity index (χ1) is 17.7. The lowest BCUT2D eigenvalue weighted by atomic mass is 10.1. The van der Waals surface area contributed by atoms with E-state index < -0.39 is 10.0 Å². The van der Waals surface area contributed by atoms with Crippen LogP contribution in [0.15, 0.2) is 72.3 Å². The second kappa shape index (κ2) is 17.2. The van der Waals surface area contributed by atoms with Crippen LogP contribution in [0.25, 0.3) is 0 Å². The Balaban J connectivity index is 0.00000102. The van der Waals surface area contributed by atoms with Gasteiger partial charge < -0.3 is 20.3 Å². The molecule has 0 atom stereocenters. The highest BCUT2D eigenvalue weighted by molar-refractivity contribution is 7.89. The van der Waals surface area contributed by atoms with Crippen molar-refractivity contribution in [2.45, 2.75) is 51.3 Å². The second-order valence-electron chi connectivity index (χ2n) is 8.22. The Morgan fingerprint density at radius 3 is 2.16 bits per heavy atom. The Hall–Kier alpha value is -3.30. The van der Waals surface area contributed by atoms with Gasteiger partial charge in [-0.2, -0.15) is 0 Å². The van der Waals surface area contributed by atoms with Crippen molar-refractivity contribution in [3.63, 3.8) is 0 Å². The van der Waals surface area contributed by atoms with Gasteiger partial charge in [-0.25, -0.2) is 13.6 Å². The molecule has 0 aliphatic rings. The number of anilines is 1. The largest absolute Gasteiger partial charge is 0.454 e. The zero-order chi connectivity index (χ0) is 27.7. The van der Waals surface area contributed by atoms with Crippen LogP contribution in [0.1, 0.15) is 56.8 Å². The monoisotopic (exact) mass is 530 g/mol. The van der Waals surface area contributed by atoms with Crippen LogP contribution in [0.4, 0.5) is 5.69 Å². The lowest BCUT2D eigenvalue weighted by Crippen LogP contribution is -2.29. The van der Waals surface area contributed by atoms with Gasteiger partial charge in [-0.15, -0.1) is 0 Å². The highest BCUT2D eigenvalue weighted by atomic mass is 32.2. The van der Waals surface area contributed by atoms with Gasteiger partial charge in [0.1, 0.15) is 10.6 Å². The van der Waals surface area contributed by atoms with Crippen LogP contribution >= 0.6 is 0 Å². The third kappa shape index (κ3) is 11.1. The van der Waals surface area contributed by atoms with E-state index >= 15 is 0 Å². The summed E-state index contributed by atoms with van der Waals surface area (Å²) in [5, 5.41) is 11.1. The molecule has 0 saturated heterocycles. The van der Waals surface area contributed by atoms with E-state index in [2.05, 4.69) is 36.0 Å². The molecule has 9 heteroatoms. The summed E-state index contributed by atoms with van der Waals surface area (Å²) in [6.07, 6.45) is 9.17. The first-order valence-corrected chi connectivity index (χ1v) is 14.2. The molecular weight excluding hydrogens is 488 g/mol. The normalized spacial score (nSPS) is 10.8. The number of benzene rings is 2. The standard InChI is InChI=1S/C23H33N3O4S.C5H9N/c1-4-7-14-26(15-8-5-2)20-16-18(23(27)25-6-3)17-21(31(24,28)29)22(20)30-19-12-10-9-11-13-19;1-3-4-5-6-2/h9-13,16-17H,4-8,14-15H2,1-3H3,(H,25,27)(H2,24,28,29);3-6H,1H2,2H3/b;5-4-. The molecule has 1 amide bonds. The van der Waals surface area contributed by atoms with Gasteiger partial charge in [-0.1, -0.05) is 57.5 Å². The van der Waals surface area contributed by atoms with E-state index in [0.29, 0.717) is 31.1 Å². The average molecular weight is 531 g/mol. The second-order valence-corrected chi connectivity index (χ2v) is 9.75. The summed E-state index contributed by atoms with van der Waals surface area (Å²) in [4.78, 5) is 14.5. The summed E-state index contributed by atoms with van der Waals surface area (Å²) in [7, 11) is -2.31. The highest BCUT2D eigenvalue weighted by Crippen LogP contribution is 2.39. The maximum absolute atomic E-state index is 12.6. The molecule has 0 heterocycles. The van der Waals surface area contributed by atoms with Gasteiger partial charge in [0, 0.05) is 32.2 Å². The molecule has 0 aliphatic heterocycles. The number of nitrogens with zero attached hydrogens (tertiary/aromatic N) is 1. The number of unbranched alkanes of at least 4 members (excludes halogenated alkanes) is 2. The Bertz CT molecular complexity index is 1090. The molecule has 0 radical (unpaired) electrons. The van der Waals surface area contributed by atoms with Crippen LogP contribution in [0, 0.1) is 0 Å². The fourth-order valence-electron chi connectivity index (χ4n) is 3.35. The van der Waals surface area contributed by atoms with Gasteiger partial charge in [-0.05, 0) is 56.3 Å². The predicted molar refractivity (Wildman–Crippen MR) is 153 cm³/mol. The lowest BCUT2D eigenvalue weighted by Gasteiger charge is -2.28. The van der Waals surface area contributed by atoms with E-state index in [1.54, 1.807) is 43.3 Å². The first kappa shape index (κ1) is 31.7. The molecule has 0 fully saturated rings. The van der Waals surface area contributed by atoms with Crippen molar-refractivity contribution >= 4 is 21.6 Å². The smallest absolute Gasteiger partial charge is 0.251 e. The van der Waals surface area contributed by atoms with E-state index in [1.807, 2.05) is 25.4 Å². The fraction of sp³-hybridized carbons (Fsp3) is 0.393. The summed E-state index contributed by atoms with van der Waals surface area (Å²) >= 11 is 0. The Morgan fingerprint density at radius 2 is 1.70 bits per heavy atom. The van der Waals surface area contributed by atoms with Gasteiger partial charge >= 0.3 is 0 Å². The SMILES string of the molecule is C=C/C=C\NC.CCCCN(CCCC)c1cc(C(=O)NCC)cc(S(N)(=O)=O)c1Oc1ccccc1. The van der Waals surface area contributed by atoms with Gasteiger partial charge in [0.15, 0.2) is 5.75 Å². The number of rotatable bonds is 14. The summed E-state index contributed by atoms with van der Waals surface area (Å²) in [5.74, 6) is 0.283.